The van der Waals surface area contributed by atoms with E-state index in [-0.39, 0.29) is 0 Å². The molecule has 4 nitrogen and oxygen atoms in total. The Morgan fingerprint density at radius 2 is 2.33 bits per heavy atom. The number of hydrogen-bond acceptors (Lipinski definition) is 3. The number of aryl methyl sites for hydroxylation is 1. The van der Waals surface area contributed by atoms with Gasteiger partial charge in [-0.25, -0.2) is 4.98 Å². The lowest BCUT2D eigenvalue weighted by atomic mass is 10.3. The molecule has 0 spiro atoms. The van der Waals surface area contributed by atoms with E-state index in [4.69, 9.17) is 23.7 Å². The molecule has 0 saturated heterocycles. The zero-order chi connectivity index (χ0) is 8.72. The highest BCUT2D eigenvalue weighted by Crippen LogP contribution is 2.21. The molecule has 1 aliphatic heterocycles. The van der Waals surface area contributed by atoms with Crippen LogP contribution in [0.15, 0.2) is 0 Å². The summed E-state index contributed by atoms with van der Waals surface area (Å²) in [4.78, 5) is 4.53. The third-order valence-corrected chi connectivity index (χ3v) is 2.28. The molecular weight excluding hydrogens is 172 g/mol. The SMILES string of the molecule is NC(=S)c1c(N)nc2n1CCC2. The molecule has 2 rings (SSSR count). The molecule has 0 aromatic carbocycles. The molecule has 5 heteroatoms. The zero-order valence-electron chi connectivity index (χ0n) is 6.58. The molecule has 2 heterocycles. The van der Waals surface area contributed by atoms with Crippen LogP contribution in [0.25, 0.3) is 0 Å². The molecule has 0 unspecified atom stereocenters. The Balaban J connectivity index is 2.59. The van der Waals surface area contributed by atoms with Crippen molar-refractivity contribution < 1.29 is 0 Å². The molecule has 12 heavy (non-hydrogen) atoms. The van der Waals surface area contributed by atoms with Crippen molar-refractivity contribution in [2.75, 3.05) is 5.73 Å². The van der Waals surface area contributed by atoms with Crippen LogP contribution in [-0.4, -0.2) is 14.5 Å². The summed E-state index contributed by atoms with van der Waals surface area (Å²) >= 11 is 4.88. The summed E-state index contributed by atoms with van der Waals surface area (Å²) in [5.41, 5.74) is 11.9. The average Bonchev–Trinajstić information content (AvgIpc) is 2.44. The number of aromatic nitrogens is 2. The summed E-state index contributed by atoms with van der Waals surface area (Å²) < 4.78 is 2.01. The number of fused-ring (bicyclic) bond motifs is 1. The molecule has 0 radical (unpaired) electrons. The molecule has 4 N–H and O–H groups in total. The van der Waals surface area contributed by atoms with Gasteiger partial charge in [0.15, 0.2) is 5.82 Å². The first-order chi connectivity index (χ1) is 5.70. The van der Waals surface area contributed by atoms with Crippen LogP contribution in [0.3, 0.4) is 0 Å². The van der Waals surface area contributed by atoms with Crippen LogP contribution in [-0.2, 0) is 13.0 Å². The number of nitrogens with zero attached hydrogens (tertiary/aromatic N) is 2. The van der Waals surface area contributed by atoms with Crippen molar-refractivity contribution in [3.63, 3.8) is 0 Å². The zero-order valence-corrected chi connectivity index (χ0v) is 7.40. The van der Waals surface area contributed by atoms with Gasteiger partial charge < -0.3 is 16.0 Å². The van der Waals surface area contributed by atoms with Crippen molar-refractivity contribution in [3.8, 4) is 0 Å². The molecule has 0 saturated carbocycles. The monoisotopic (exact) mass is 182 g/mol. The maximum Gasteiger partial charge on any atom is 0.152 e. The molecule has 0 atom stereocenters. The molecule has 1 aromatic rings. The Hall–Kier alpha value is -1.10. The summed E-state index contributed by atoms with van der Waals surface area (Å²) in [5, 5.41) is 0. The van der Waals surface area contributed by atoms with Crippen LogP contribution in [0.5, 0.6) is 0 Å². The first-order valence-electron chi connectivity index (χ1n) is 3.85. The van der Waals surface area contributed by atoms with Crippen LogP contribution < -0.4 is 11.5 Å². The largest absolute Gasteiger partial charge is 0.388 e. The van der Waals surface area contributed by atoms with E-state index < -0.39 is 0 Å². The minimum Gasteiger partial charge on any atom is -0.388 e. The summed E-state index contributed by atoms with van der Waals surface area (Å²) in [6.45, 7) is 0.937. The van der Waals surface area contributed by atoms with Gasteiger partial charge in [-0.1, -0.05) is 12.2 Å². The topological polar surface area (TPSA) is 69.9 Å². The Bertz CT molecular complexity index is 341. The highest BCUT2D eigenvalue weighted by molar-refractivity contribution is 7.80. The Morgan fingerprint density at radius 3 is 3.00 bits per heavy atom. The number of anilines is 1. The second-order valence-electron chi connectivity index (χ2n) is 2.88. The molecule has 0 aliphatic carbocycles. The van der Waals surface area contributed by atoms with Gasteiger partial charge in [-0.3, -0.25) is 0 Å². The van der Waals surface area contributed by atoms with Crippen molar-refractivity contribution in [1.82, 2.24) is 9.55 Å². The van der Waals surface area contributed by atoms with E-state index in [1.165, 1.54) is 0 Å². The van der Waals surface area contributed by atoms with Crippen molar-refractivity contribution in [3.05, 3.63) is 11.5 Å². The molecule has 0 bridgehead atoms. The maximum atomic E-state index is 5.65. The lowest BCUT2D eigenvalue weighted by molar-refractivity contribution is 0.745. The lowest BCUT2D eigenvalue weighted by Gasteiger charge is -2.02. The number of thiocarbonyl (C=S) groups is 1. The minimum absolute atomic E-state index is 0.341. The minimum atomic E-state index is 0.341. The second-order valence-corrected chi connectivity index (χ2v) is 3.32. The summed E-state index contributed by atoms with van der Waals surface area (Å²) in [6, 6.07) is 0. The van der Waals surface area contributed by atoms with Gasteiger partial charge in [0.1, 0.15) is 16.5 Å². The van der Waals surface area contributed by atoms with E-state index in [2.05, 4.69) is 4.98 Å². The van der Waals surface area contributed by atoms with E-state index in [1.807, 2.05) is 4.57 Å². The van der Waals surface area contributed by atoms with Crippen LogP contribution >= 0.6 is 12.2 Å². The summed E-state index contributed by atoms with van der Waals surface area (Å²) in [7, 11) is 0. The predicted molar refractivity (Wildman–Crippen MR) is 50.8 cm³/mol. The van der Waals surface area contributed by atoms with Crippen molar-refractivity contribution in [2.24, 2.45) is 5.73 Å². The molecule has 0 amide bonds. The van der Waals surface area contributed by atoms with Crippen LogP contribution in [0, 0.1) is 0 Å². The lowest BCUT2D eigenvalue weighted by Crippen LogP contribution is -2.16. The molecule has 1 aromatic heterocycles. The number of nitrogens with two attached hydrogens (primary N) is 2. The van der Waals surface area contributed by atoms with Gasteiger partial charge in [0.05, 0.1) is 0 Å². The molecular formula is C7H10N4S. The highest BCUT2D eigenvalue weighted by atomic mass is 32.1. The van der Waals surface area contributed by atoms with E-state index in [9.17, 15) is 0 Å². The van der Waals surface area contributed by atoms with E-state index in [0.29, 0.717) is 10.8 Å². The van der Waals surface area contributed by atoms with Crippen molar-refractivity contribution in [1.29, 1.82) is 0 Å². The van der Waals surface area contributed by atoms with E-state index in [0.717, 1.165) is 30.9 Å². The fourth-order valence-electron chi connectivity index (χ4n) is 1.61. The predicted octanol–water partition coefficient (Wildman–Crippen LogP) is 0.0457. The third-order valence-electron chi connectivity index (χ3n) is 2.09. The Kier molecular flexibility index (Phi) is 1.54. The summed E-state index contributed by atoms with van der Waals surface area (Å²) in [6.07, 6.45) is 2.09. The first-order valence-corrected chi connectivity index (χ1v) is 4.25. The van der Waals surface area contributed by atoms with Gasteiger partial charge in [-0.05, 0) is 6.42 Å². The van der Waals surface area contributed by atoms with Crippen molar-refractivity contribution in [2.45, 2.75) is 19.4 Å². The van der Waals surface area contributed by atoms with Gasteiger partial charge in [-0.15, -0.1) is 0 Å². The van der Waals surface area contributed by atoms with Gasteiger partial charge >= 0.3 is 0 Å². The Labute approximate surface area is 75.6 Å². The smallest absolute Gasteiger partial charge is 0.152 e. The highest BCUT2D eigenvalue weighted by Gasteiger charge is 2.20. The van der Waals surface area contributed by atoms with Crippen molar-refractivity contribution >= 4 is 23.0 Å². The van der Waals surface area contributed by atoms with Crippen LogP contribution in [0.2, 0.25) is 0 Å². The quantitative estimate of drug-likeness (QED) is 0.602. The molecule has 64 valence electrons. The fraction of sp³-hybridized carbons (Fsp3) is 0.429. The van der Waals surface area contributed by atoms with Crippen LogP contribution in [0.4, 0.5) is 5.82 Å². The van der Waals surface area contributed by atoms with Gasteiger partial charge in [0.2, 0.25) is 0 Å². The van der Waals surface area contributed by atoms with Gasteiger partial charge in [0, 0.05) is 13.0 Å². The van der Waals surface area contributed by atoms with Crippen LogP contribution in [0.1, 0.15) is 17.9 Å². The number of imidazole rings is 1. The average molecular weight is 182 g/mol. The molecule has 1 aliphatic rings. The Morgan fingerprint density at radius 1 is 1.58 bits per heavy atom. The first kappa shape index (κ1) is 7.54. The number of rotatable bonds is 1. The standard InChI is InChI=1S/C7H10N4S/c8-6-5(7(9)12)11-3-1-2-4(11)10-6/h1-3,8H2,(H2,9,12). The van der Waals surface area contributed by atoms with Gasteiger partial charge in [0.25, 0.3) is 0 Å². The number of nitrogen functional groups attached to an aromatic ring is 1. The van der Waals surface area contributed by atoms with Gasteiger partial charge in [-0.2, -0.15) is 0 Å². The molecule has 0 fully saturated rings. The normalized spacial score (nSPS) is 14.7. The maximum absolute atomic E-state index is 5.65. The number of hydrogen-bond donors (Lipinski definition) is 2. The third kappa shape index (κ3) is 0.896. The second kappa shape index (κ2) is 2.45. The summed E-state index contributed by atoms with van der Waals surface area (Å²) in [5.74, 6) is 1.48. The van der Waals surface area contributed by atoms with E-state index in [1.54, 1.807) is 0 Å². The van der Waals surface area contributed by atoms with E-state index >= 15 is 0 Å². The fourth-order valence-corrected chi connectivity index (χ4v) is 1.82.